The molecule has 2 saturated heterocycles. The van der Waals surface area contributed by atoms with Gasteiger partial charge in [0.25, 0.3) is 0 Å². The van der Waals surface area contributed by atoms with Crippen LogP contribution in [0.15, 0.2) is 51.7 Å². The van der Waals surface area contributed by atoms with Crippen molar-refractivity contribution < 1.29 is 54.4 Å². The highest BCUT2D eigenvalue weighted by Gasteiger charge is 2.46. The van der Waals surface area contributed by atoms with Crippen LogP contribution >= 0.6 is 0 Å². The molecule has 2 aliphatic heterocycles. The van der Waals surface area contributed by atoms with Gasteiger partial charge in [-0.3, -0.25) is 4.79 Å². The van der Waals surface area contributed by atoms with E-state index in [9.17, 15) is 40.5 Å². The number of aliphatic hydroxyl groups excluding tert-OH is 6. The van der Waals surface area contributed by atoms with Gasteiger partial charge in [0, 0.05) is 24.1 Å². The molecule has 0 radical (unpaired) electrons. The third-order valence-corrected chi connectivity index (χ3v) is 7.18. The first-order chi connectivity index (χ1) is 18.6. The summed E-state index contributed by atoms with van der Waals surface area (Å²) < 4.78 is 23.1. The van der Waals surface area contributed by atoms with Gasteiger partial charge in [0.1, 0.15) is 58.7 Å². The van der Waals surface area contributed by atoms with Crippen molar-refractivity contribution in [3.8, 4) is 22.8 Å². The van der Waals surface area contributed by atoms with Crippen LogP contribution in [0.1, 0.15) is 25.0 Å². The number of fused-ring (bicyclic) bond motifs is 1. The monoisotopic (exact) mass is 546 g/mol. The number of aromatic hydroxyl groups is 1. The van der Waals surface area contributed by atoms with Crippen molar-refractivity contribution >= 4 is 11.0 Å². The van der Waals surface area contributed by atoms with E-state index in [1.807, 2.05) is 0 Å². The molecule has 3 heterocycles. The molecule has 7 N–H and O–H groups in total. The molecule has 0 unspecified atom stereocenters. The normalized spacial score (nSPS) is 33.3. The van der Waals surface area contributed by atoms with Crippen LogP contribution in [-0.4, -0.2) is 91.4 Å². The highest BCUT2D eigenvalue weighted by atomic mass is 16.7. The molecule has 3 aromatic rings. The van der Waals surface area contributed by atoms with Crippen LogP contribution in [0.2, 0.25) is 0 Å². The van der Waals surface area contributed by atoms with E-state index in [0.717, 1.165) is 0 Å². The number of hydrogen-bond donors (Lipinski definition) is 7. The van der Waals surface area contributed by atoms with Crippen molar-refractivity contribution in [2.75, 3.05) is 6.61 Å². The van der Waals surface area contributed by atoms with Gasteiger partial charge in [0.15, 0.2) is 5.43 Å². The second-order valence-corrected chi connectivity index (χ2v) is 9.79. The van der Waals surface area contributed by atoms with Crippen LogP contribution in [-0.2, 0) is 9.47 Å². The summed E-state index contributed by atoms with van der Waals surface area (Å²) in [6.45, 7) is 0.833. The van der Waals surface area contributed by atoms with Gasteiger partial charge in [-0.15, -0.1) is 0 Å². The average molecular weight is 547 g/mol. The molecule has 0 spiro atoms. The van der Waals surface area contributed by atoms with Crippen LogP contribution in [0, 0.1) is 0 Å². The standard InChI is InChI=1S/C27H30O12/c1-11-22(31)14(30)8-16(36-11)21-18(38-27-26(35)25(34)23(32)19(10-28)39-27)9-17-20(24(21)33)13(29)7-15(37-17)12-5-3-2-4-6-12/h2-7,9,11,14,16,19,22-23,25-28,30-35H,8,10H2,1H3/t11-,14+,16-,19+,22+,23+,25-,26+,27+/m1/s1. The van der Waals surface area contributed by atoms with Crippen molar-refractivity contribution in [3.05, 3.63) is 58.3 Å². The number of phenols is 1. The SMILES string of the molecule is C[C@H]1O[C@@H](c2c(O[C@H]3O[C@@H](CO)[C@H](O)[C@@H](O)[C@@H]3O)cc3oc(-c4ccccc4)cc(=O)c3c2O)C[C@H](O)[C@H]1O. The summed E-state index contributed by atoms with van der Waals surface area (Å²) in [5.74, 6) is -0.542. The van der Waals surface area contributed by atoms with Gasteiger partial charge in [-0.05, 0) is 6.92 Å². The molecule has 210 valence electrons. The Balaban J connectivity index is 1.65. The first-order valence-corrected chi connectivity index (χ1v) is 12.5. The number of ether oxygens (including phenoxy) is 3. The third kappa shape index (κ3) is 5.01. The quantitative estimate of drug-likeness (QED) is 0.225. The maximum absolute atomic E-state index is 13.2. The van der Waals surface area contributed by atoms with E-state index >= 15 is 0 Å². The van der Waals surface area contributed by atoms with Gasteiger partial charge in [-0.2, -0.15) is 0 Å². The molecule has 2 fully saturated rings. The fraction of sp³-hybridized carbons (Fsp3) is 0.444. The Kier molecular flexibility index (Phi) is 7.64. The Morgan fingerprint density at radius 3 is 2.33 bits per heavy atom. The van der Waals surface area contributed by atoms with Gasteiger partial charge < -0.3 is 54.4 Å². The smallest absolute Gasteiger partial charge is 0.229 e. The lowest BCUT2D eigenvalue weighted by Crippen LogP contribution is -2.60. The molecule has 12 nitrogen and oxygen atoms in total. The lowest BCUT2D eigenvalue weighted by Gasteiger charge is -2.40. The third-order valence-electron chi connectivity index (χ3n) is 7.18. The minimum atomic E-state index is -1.77. The summed E-state index contributed by atoms with van der Waals surface area (Å²) in [5, 5.41) is 72.2. The first-order valence-electron chi connectivity index (χ1n) is 12.5. The molecule has 0 amide bonds. The molecule has 1 aromatic heterocycles. The molecule has 12 heteroatoms. The molecule has 2 aromatic carbocycles. The van der Waals surface area contributed by atoms with Crippen molar-refractivity contribution in [1.29, 1.82) is 0 Å². The van der Waals surface area contributed by atoms with Crippen LogP contribution in [0.25, 0.3) is 22.3 Å². The maximum atomic E-state index is 13.2. The molecule has 0 aliphatic carbocycles. The fourth-order valence-electron chi connectivity index (χ4n) is 4.99. The Labute approximate surface area is 221 Å². The van der Waals surface area contributed by atoms with Crippen LogP contribution in [0.4, 0.5) is 0 Å². The molecule has 5 rings (SSSR count). The van der Waals surface area contributed by atoms with Crippen molar-refractivity contribution in [3.63, 3.8) is 0 Å². The lowest BCUT2D eigenvalue weighted by atomic mass is 9.92. The van der Waals surface area contributed by atoms with Gasteiger partial charge in [0.2, 0.25) is 6.29 Å². The summed E-state index contributed by atoms with van der Waals surface area (Å²) in [6.07, 6.45) is -12.6. The number of aliphatic hydroxyl groups is 6. The predicted molar refractivity (Wildman–Crippen MR) is 134 cm³/mol. The van der Waals surface area contributed by atoms with E-state index in [0.29, 0.717) is 5.56 Å². The summed E-state index contributed by atoms with van der Waals surface area (Å²) in [7, 11) is 0. The molecular formula is C27H30O12. The molecule has 9 atom stereocenters. The van der Waals surface area contributed by atoms with Gasteiger partial charge in [-0.1, -0.05) is 30.3 Å². The minimum absolute atomic E-state index is 0.0772. The molecule has 0 bridgehead atoms. The van der Waals surface area contributed by atoms with E-state index in [4.69, 9.17) is 18.6 Å². The molecule has 2 aliphatic rings. The van der Waals surface area contributed by atoms with E-state index in [1.165, 1.54) is 19.1 Å². The maximum Gasteiger partial charge on any atom is 0.229 e. The Morgan fingerprint density at radius 1 is 0.949 bits per heavy atom. The topological polar surface area (TPSA) is 200 Å². The zero-order valence-corrected chi connectivity index (χ0v) is 20.8. The molecular weight excluding hydrogens is 516 g/mol. The summed E-state index contributed by atoms with van der Waals surface area (Å²) in [4.78, 5) is 13.2. The summed E-state index contributed by atoms with van der Waals surface area (Å²) in [5.41, 5.74) is -0.139. The predicted octanol–water partition coefficient (Wildman–Crippen LogP) is -0.0840. The summed E-state index contributed by atoms with van der Waals surface area (Å²) >= 11 is 0. The molecule has 39 heavy (non-hydrogen) atoms. The van der Waals surface area contributed by atoms with Gasteiger partial charge in [-0.25, -0.2) is 0 Å². The average Bonchev–Trinajstić information content (AvgIpc) is 2.92. The molecule has 0 saturated carbocycles. The lowest BCUT2D eigenvalue weighted by molar-refractivity contribution is -0.277. The number of rotatable bonds is 5. The van der Waals surface area contributed by atoms with E-state index in [1.54, 1.807) is 30.3 Å². The van der Waals surface area contributed by atoms with E-state index < -0.39 is 72.9 Å². The highest BCUT2D eigenvalue weighted by Crippen LogP contribution is 2.45. The second kappa shape index (κ2) is 10.8. The Bertz CT molecular complexity index is 1360. The Hall–Kier alpha value is -3.07. The minimum Gasteiger partial charge on any atom is -0.506 e. The van der Waals surface area contributed by atoms with E-state index in [-0.39, 0.29) is 34.5 Å². The fourth-order valence-corrected chi connectivity index (χ4v) is 4.99. The van der Waals surface area contributed by atoms with E-state index in [2.05, 4.69) is 0 Å². The number of phenolic OH excluding ortho intramolecular Hbond substituents is 1. The van der Waals surface area contributed by atoms with Crippen molar-refractivity contribution in [2.24, 2.45) is 0 Å². The zero-order valence-electron chi connectivity index (χ0n) is 20.8. The van der Waals surface area contributed by atoms with Gasteiger partial charge in [0.05, 0.1) is 30.5 Å². The highest BCUT2D eigenvalue weighted by molar-refractivity contribution is 5.88. The van der Waals surface area contributed by atoms with Crippen molar-refractivity contribution in [2.45, 2.75) is 68.5 Å². The largest absolute Gasteiger partial charge is 0.506 e. The van der Waals surface area contributed by atoms with Gasteiger partial charge >= 0.3 is 0 Å². The van der Waals surface area contributed by atoms with Crippen molar-refractivity contribution in [1.82, 2.24) is 0 Å². The number of hydrogen-bond acceptors (Lipinski definition) is 12. The van der Waals surface area contributed by atoms with Crippen LogP contribution < -0.4 is 10.2 Å². The second-order valence-electron chi connectivity index (χ2n) is 9.79. The first kappa shape index (κ1) is 27.5. The van der Waals surface area contributed by atoms with Crippen LogP contribution in [0.5, 0.6) is 11.5 Å². The Morgan fingerprint density at radius 2 is 1.67 bits per heavy atom. The number of benzene rings is 2. The zero-order chi connectivity index (χ0) is 28.0. The summed E-state index contributed by atoms with van der Waals surface area (Å²) in [6, 6.07) is 11.3. The van der Waals surface area contributed by atoms with Crippen LogP contribution in [0.3, 0.4) is 0 Å².